The molecule has 0 aliphatic carbocycles. The molecule has 14 heavy (non-hydrogen) atoms. The lowest BCUT2D eigenvalue weighted by atomic mass is 9.90. The fourth-order valence-corrected chi connectivity index (χ4v) is 1.39. The normalized spacial score (nSPS) is 17.5. The summed E-state index contributed by atoms with van der Waals surface area (Å²) in [5.74, 6) is 0. The maximum Gasteiger partial charge on any atom is 0.0807 e. The fraction of sp³-hybridized carbons (Fsp3) is 0.455. The molecule has 3 N–H and O–H groups in total. The van der Waals surface area contributed by atoms with Crippen molar-refractivity contribution in [3.05, 3.63) is 34.9 Å². The lowest BCUT2D eigenvalue weighted by Gasteiger charge is -2.27. The van der Waals surface area contributed by atoms with Crippen molar-refractivity contribution >= 4 is 11.6 Å². The van der Waals surface area contributed by atoms with E-state index in [9.17, 15) is 5.11 Å². The van der Waals surface area contributed by atoms with Crippen molar-refractivity contribution in [2.24, 2.45) is 5.73 Å². The number of rotatable bonds is 3. The summed E-state index contributed by atoms with van der Waals surface area (Å²) in [6, 6.07) is 7.21. The molecule has 0 bridgehead atoms. The van der Waals surface area contributed by atoms with Crippen LogP contribution in [0.3, 0.4) is 0 Å². The highest BCUT2D eigenvalue weighted by molar-refractivity contribution is 6.31. The van der Waals surface area contributed by atoms with Crippen LogP contribution in [0.4, 0.5) is 0 Å². The number of benzene rings is 1. The third-order valence-corrected chi connectivity index (χ3v) is 2.86. The molecule has 0 spiro atoms. The van der Waals surface area contributed by atoms with Crippen molar-refractivity contribution < 1.29 is 5.11 Å². The lowest BCUT2D eigenvalue weighted by Crippen LogP contribution is -2.45. The SMILES string of the molecule is CC(N)C(C)(O)Cc1ccccc1Cl. The van der Waals surface area contributed by atoms with Crippen LogP contribution in [0.5, 0.6) is 0 Å². The number of halogens is 1. The first-order valence-corrected chi connectivity index (χ1v) is 5.02. The lowest BCUT2D eigenvalue weighted by molar-refractivity contribution is 0.0389. The topological polar surface area (TPSA) is 46.2 Å². The predicted octanol–water partition coefficient (Wildman–Crippen LogP) is 1.98. The van der Waals surface area contributed by atoms with Crippen LogP contribution in [0.2, 0.25) is 5.02 Å². The molecule has 0 aliphatic heterocycles. The Morgan fingerprint density at radius 1 is 1.50 bits per heavy atom. The Morgan fingerprint density at radius 3 is 2.57 bits per heavy atom. The van der Waals surface area contributed by atoms with Crippen molar-refractivity contribution in [3.63, 3.8) is 0 Å². The van der Waals surface area contributed by atoms with Crippen molar-refractivity contribution in [3.8, 4) is 0 Å². The Balaban J connectivity index is 2.84. The van der Waals surface area contributed by atoms with Gasteiger partial charge >= 0.3 is 0 Å². The van der Waals surface area contributed by atoms with E-state index >= 15 is 0 Å². The Morgan fingerprint density at radius 2 is 2.07 bits per heavy atom. The zero-order valence-electron chi connectivity index (χ0n) is 8.50. The van der Waals surface area contributed by atoms with Gasteiger partial charge in [0.15, 0.2) is 0 Å². The van der Waals surface area contributed by atoms with Gasteiger partial charge in [-0.25, -0.2) is 0 Å². The standard InChI is InChI=1S/C11H16ClNO/c1-8(13)11(2,14)7-9-5-3-4-6-10(9)12/h3-6,8,14H,7,13H2,1-2H3. The maximum atomic E-state index is 9.99. The number of hydrogen-bond acceptors (Lipinski definition) is 2. The minimum atomic E-state index is -0.912. The Kier molecular flexibility index (Phi) is 3.53. The van der Waals surface area contributed by atoms with E-state index in [0.29, 0.717) is 11.4 Å². The first kappa shape index (κ1) is 11.5. The molecule has 0 saturated carbocycles. The zero-order chi connectivity index (χ0) is 10.8. The Bertz CT molecular complexity index is 310. The van der Waals surface area contributed by atoms with Crippen LogP contribution in [0, 0.1) is 0 Å². The predicted molar refractivity (Wildman–Crippen MR) is 59.4 cm³/mol. The minimum absolute atomic E-state index is 0.279. The molecular formula is C11H16ClNO. The largest absolute Gasteiger partial charge is 0.388 e. The Hall–Kier alpha value is -0.570. The molecule has 0 aromatic heterocycles. The quantitative estimate of drug-likeness (QED) is 0.807. The molecule has 2 unspecified atom stereocenters. The van der Waals surface area contributed by atoms with E-state index < -0.39 is 5.60 Å². The molecular weight excluding hydrogens is 198 g/mol. The van der Waals surface area contributed by atoms with Crippen LogP contribution < -0.4 is 5.73 Å². The van der Waals surface area contributed by atoms with Gasteiger partial charge in [-0.3, -0.25) is 0 Å². The molecule has 0 fully saturated rings. The molecule has 2 nitrogen and oxygen atoms in total. The first-order valence-electron chi connectivity index (χ1n) is 4.65. The summed E-state index contributed by atoms with van der Waals surface area (Å²) in [5.41, 5.74) is 5.69. The summed E-state index contributed by atoms with van der Waals surface area (Å²) >= 11 is 5.98. The number of nitrogens with two attached hydrogens (primary N) is 1. The summed E-state index contributed by atoms with van der Waals surface area (Å²) in [6.07, 6.45) is 0.477. The maximum absolute atomic E-state index is 9.99. The van der Waals surface area contributed by atoms with E-state index in [0.717, 1.165) is 5.56 Å². The second-order valence-electron chi connectivity index (χ2n) is 3.91. The molecule has 0 radical (unpaired) electrons. The van der Waals surface area contributed by atoms with Gasteiger partial charge in [-0.2, -0.15) is 0 Å². The molecule has 78 valence electrons. The highest BCUT2D eigenvalue weighted by Gasteiger charge is 2.26. The van der Waals surface area contributed by atoms with Gasteiger partial charge < -0.3 is 10.8 Å². The van der Waals surface area contributed by atoms with Gasteiger partial charge in [-0.1, -0.05) is 29.8 Å². The Labute approximate surface area is 89.7 Å². The van der Waals surface area contributed by atoms with E-state index in [1.54, 1.807) is 13.8 Å². The summed E-state index contributed by atoms with van der Waals surface area (Å²) in [6.45, 7) is 3.51. The molecule has 2 atom stereocenters. The van der Waals surface area contributed by atoms with Crippen LogP contribution in [0.1, 0.15) is 19.4 Å². The van der Waals surface area contributed by atoms with Crippen LogP contribution in [-0.4, -0.2) is 16.7 Å². The zero-order valence-corrected chi connectivity index (χ0v) is 9.25. The van der Waals surface area contributed by atoms with Crippen molar-refractivity contribution in [2.45, 2.75) is 31.9 Å². The fourth-order valence-electron chi connectivity index (χ4n) is 1.19. The molecule has 1 aromatic rings. The minimum Gasteiger partial charge on any atom is -0.388 e. The first-order chi connectivity index (χ1) is 6.43. The van der Waals surface area contributed by atoms with Gasteiger partial charge in [0.25, 0.3) is 0 Å². The molecule has 0 amide bonds. The molecule has 0 heterocycles. The van der Waals surface area contributed by atoms with E-state index in [-0.39, 0.29) is 6.04 Å². The van der Waals surface area contributed by atoms with E-state index in [1.165, 1.54) is 0 Å². The summed E-state index contributed by atoms with van der Waals surface area (Å²) < 4.78 is 0. The average Bonchev–Trinajstić information content (AvgIpc) is 2.08. The molecule has 0 saturated heterocycles. The van der Waals surface area contributed by atoms with E-state index in [2.05, 4.69) is 0 Å². The summed E-state index contributed by atoms with van der Waals surface area (Å²) in [4.78, 5) is 0. The van der Waals surface area contributed by atoms with Gasteiger partial charge in [-0.15, -0.1) is 0 Å². The van der Waals surface area contributed by atoms with Crippen molar-refractivity contribution in [1.29, 1.82) is 0 Å². The van der Waals surface area contributed by atoms with Gasteiger partial charge in [0, 0.05) is 17.5 Å². The highest BCUT2D eigenvalue weighted by Crippen LogP contribution is 2.22. The summed E-state index contributed by atoms with van der Waals surface area (Å²) in [7, 11) is 0. The van der Waals surface area contributed by atoms with Gasteiger partial charge in [-0.05, 0) is 25.5 Å². The van der Waals surface area contributed by atoms with E-state index in [1.807, 2.05) is 24.3 Å². The van der Waals surface area contributed by atoms with Crippen LogP contribution in [0.25, 0.3) is 0 Å². The van der Waals surface area contributed by atoms with Crippen molar-refractivity contribution in [1.82, 2.24) is 0 Å². The summed E-state index contributed by atoms with van der Waals surface area (Å²) in [5, 5.41) is 10.7. The molecule has 3 heteroatoms. The van der Waals surface area contributed by atoms with Crippen LogP contribution in [0.15, 0.2) is 24.3 Å². The molecule has 0 aliphatic rings. The van der Waals surface area contributed by atoms with Gasteiger partial charge in [0.2, 0.25) is 0 Å². The highest BCUT2D eigenvalue weighted by atomic mass is 35.5. The second-order valence-corrected chi connectivity index (χ2v) is 4.32. The third kappa shape index (κ3) is 2.71. The molecule has 1 aromatic carbocycles. The molecule has 1 rings (SSSR count). The monoisotopic (exact) mass is 213 g/mol. The average molecular weight is 214 g/mol. The van der Waals surface area contributed by atoms with Gasteiger partial charge in [0.1, 0.15) is 0 Å². The third-order valence-electron chi connectivity index (χ3n) is 2.49. The van der Waals surface area contributed by atoms with Crippen LogP contribution >= 0.6 is 11.6 Å². The second kappa shape index (κ2) is 4.30. The van der Waals surface area contributed by atoms with Crippen LogP contribution in [-0.2, 0) is 6.42 Å². The van der Waals surface area contributed by atoms with Crippen molar-refractivity contribution in [2.75, 3.05) is 0 Å². The number of hydrogen-bond donors (Lipinski definition) is 2. The van der Waals surface area contributed by atoms with Gasteiger partial charge in [0.05, 0.1) is 5.60 Å². The van der Waals surface area contributed by atoms with E-state index in [4.69, 9.17) is 17.3 Å². The smallest absolute Gasteiger partial charge is 0.0807 e. The number of aliphatic hydroxyl groups is 1.